The topological polar surface area (TPSA) is 56.5 Å². The van der Waals surface area contributed by atoms with Gasteiger partial charge in [0, 0.05) is 28.4 Å². The predicted molar refractivity (Wildman–Crippen MR) is 108 cm³/mol. The number of halogens is 2. The third-order valence-corrected chi connectivity index (χ3v) is 4.92. The molecule has 0 aliphatic rings. The van der Waals surface area contributed by atoms with Gasteiger partial charge < -0.3 is 14.5 Å². The van der Waals surface area contributed by atoms with Crippen molar-refractivity contribution in [2.45, 2.75) is 33.1 Å². The second kappa shape index (κ2) is 8.75. The number of aromatic nitrogens is 5. The van der Waals surface area contributed by atoms with Gasteiger partial charge in [0.2, 0.25) is 0 Å². The molecule has 8 heteroatoms. The average Bonchev–Trinajstić information content (AvgIpc) is 3.06. The van der Waals surface area contributed by atoms with Crippen LogP contribution in [0.25, 0.3) is 17.1 Å². The summed E-state index contributed by atoms with van der Waals surface area (Å²) in [5, 5.41) is 0. The Hall–Kier alpha value is -2.79. The molecule has 0 atom stereocenters. The molecule has 160 valence electrons. The monoisotopic (exact) mass is 598 g/mol. The molecule has 0 spiro atoms. The van der Waals surface area contributed by atoms with Crippen LogP contribution in [0.1, 0.15) is 36.8 Å². The predicted octanol–water partition coefficient (Wildman–Crippen LogP) is 4.54. The molecule has 0 saturated heterocycles. The number of pyridine rings is 3. The summed E-state index contributed by atoms with van der Waals surface area (Å²) in [6.07, 6.45) is 3.16. The van der Waals surface area contributed by atoms with Gasteiger partial charge in [0.05, 0.1) is 0 Å². The maximum Gasteiger partial charge on any atom is 2.00 e. The molecular weight excluding hydrogens is 579 g/mol. The number of imidazole rings is 1. The number of aryl methyl sites for hydroxylation is 2. The Morgan fingerprint density at radius 1 is 0.903 bits per heavy atom. The second-order valence-corrected chi connectivity index (χ2v) is 7.49. The molecule has 0 N–H and O–H groups in total. The fourth-order valence-corrected chi connectivity index (χ4v) is 3.29. The van der Waals surface area contributed by atoms with E-state index in [1.54, 1.807) is 12.1 Å². The summed E-state index contributed by atoms with van der Waals surface area (Å²) < 4.78 is 29.1. The van der Waals surface area contributed by atoms with Crippen LogP contribution in [-0.4, -0.2) is 24.5 Å². The molecule has 0 radical (unpaired) electrons. The van der Waals surface area contributed by atoms with Gasteiger partial charge in [-0.2, -0.15) is 0 Å². The first-order valence-corrected chi connectivity index (χ1v) is 9.40. The van der Waals surface area contributed by atoms with Crippen LogP contribution in [0.4, 0.5) is 8.78 Å². The summed E-state index contributed by atoms with van der Waals surface area (Å²) in [4.78, 5) is 17.0. The Balaban J connectivity index is 0.00000272. The van der Waals surface area contributed by atoms with E-state index in [9.17, 15) is 8.78 Å². The van der Waals surface area contributed by atoms with Crippen LogP contribution >= 0.6 is 0 Å². The summed E-state index contributed by atoms with van der Waals surface area (Å²) in [6.45, 7) is 7.76. The summed E-state index contributed by atoms with van der Waals surface area (Å²) in [6, 6.07) is 14.6. The van der Waals surface area contributed by atoms with Gasteiger partial charge in [-0.1, -0.05) is 49.0 Å². The minimum atomic E-state index is -0.945. The molecule has 4 rings (SSSR count). The molecule has 0 saturated carbocycles. The molecule has 0 unspecified atom stereocenters. The Kier molecular flexibility index (Phi) is 6.46. The van der Waals surface area contributed by atoms with Crippen molar-refractivity contribution in [1.29, 1.82) is 0 Å². The van der Waals surface area contributed by atoms with Gasteiger partial charge in [0.25, 0.3) is 0 Å². The van der Waals surface area contributed by atoms with Gasteiger partial charge in [0.1, 0.15) is 11.9 Å². The minimum Gasteiger partial charge on any atom is -0.450 e. The summed E-state index contributed by atoms with van der Waals surface area (Å²) in [7, 11) is 0. The second-order valence-electron chi connectivity index (χ2n) is 7.49. The van der Waals surface area contributed by atoms with Crippen molar-refractivity contribution in [2.24, 2.45) is 0 Å². The fourth-order valence-electron chi connectivity index (χ4n) is 3.29. The van der Waals surface area contributed by atoms with Crippen LogP contribution in [0.15, 0.2) is 42.5 Å². The molecule has 4 aromatic rings. The van der Waals surface area contributed by atoms with E-state index in [-0.39, 0.29) is 26.6 Å². The van der Waals surface area contributed by atoms with Crippen LogP contribution in [0, 0.1) is 38.0 Å². The van der Waals surface area contributed by atoms with Crippen molar-refractivity contribution >= 4 is 0 Å². The first kappa shape index (κ1) is 22.9. The molecule has 0 aliphatic carbocycles. The maximum atomic E-state index is 14.1. The zero-order chi connectivity index (χ0) is 21.5. The van der Waals surface area contributed by atoms with E-state index >= 15 is 0 Å². The number of hydrogen-bond donors (Lipinski definition) is 0. The summed E-state index contributed by atoms with van der Waals surface area (Å²) in [5.41, 5.74) is 2.03. The fraction of sp³-hybridized carbons (Fsp3) is 0.217. The largest absolute Gasteiger partial charge is 2.00 e. The first-order chi connectivity index (χ1) is 14.3. The van der Waals surface area contributed by atoms with Gasteiger partial charge in [-0.15, -0.1) is 6.07 Å². The maximum absolute atomic E-state index is 14.1. The average molecular weight is 599 g/mol. The van der Waals surface area contributed by atoms with Crippen LogP contribution in [-0.2, 0) is 26.5 Å². The molecule has 4 heterocycles. The van der Waals surface area contributed by atoms with Gasteiger partial charge in [-0.3, -0.25) is 9.97 Å². The zero-order valence-electron chi connectivity index (χ0n) is 17.3. The minimum absolute atomic E-state index is 0. The molecule has 0 amide bonds. The van der Waals surface area contributed by atoms with E-state index in [1.807, 2.05) is 56.5 Å². The molecule has 0 bridgehead atoms. The van der Waals surface area contributed by atoms with Gasteiger partial charge >= 0.3 is 21.1 Å². The summed E-state index contributed by atoms with van der Waals surface area (Å²) >= 11 is 0. The number of nitrogens with zero attached hydrogens (tertiary/aromatic N) is 5. The van der Waals surface area contributed by atoms with E-state index in [0.717, 1.165) is 23.3 Å². The Morgan fingerprint density at radius 3 is 2.23 bits per heavy atom. The molecule has 4 aromatic heterocycles. The SMILES string of the molecule is Cc1[c-]n(-c2cccc(C(C)(C)c3cccc(-c4[c-]cc(F)nc4F)n3)n2)c(C)n1.[Pt+2]. The van der Waals surface area contributed by atoms with Crippen molar-refractivity contribution in [2.75, 3.05) is 0 Å². The van der Waals surface area contributed by atoms with Gasteiger partial charge in [0.15, 0.2) is 0 Å². The quantitative estimate of drug-likeness (QED) is 0.256. The third kappa shape index (κ3) is 4.47. The normalized spacial score (nSPS) is 11.3. The Morgan fingerprint density at radius 2 is 1.58 bits per heavy atom. The van der Waals surface area contributed by atoms with E-state index in [2.05, 4.69) is 27.2 Å². The van der Waals surface area contributed by atoms with Crippen molar-refractivity contribution in [3.8, 4) is 17.1 Å². The molecule has 5 nitrogen and oxygen atoms in total. The number of rotatable bonds is 4. The molecule has 0 aromatic carbocycles. The first-order valence-electron chi connectivity index (χ1n) is 9.40. The standard InChI is InChI=1S/C23H19F2N5.Pt/c1-14-13-30(15(2)26-14)21-10-6-9-19(28-21)23(3,4)18-8-5-7-17(27-18)16-11-12-20(24)29-22(16)25;/h5-10,12H,1-4H3;/q-2;+2. The van der Waals surface area contributed by atoms with Crippen molar-refractivity contribution < 1.29 is 29.8 Å². The van der Waals surface area contributed by atoms with E-state index in [4.69, 9.17) is 4.98 Å². The Bertz CT molecular complexity index is 1240. The molecule has 0 fully saturated rings. The van der Waals surface area contributed by atoms with Crippen molar-refractivity contribution in [1.82, 2.24) is 24.5 Å². The molecular formula is C23H19F2N5Pt. The molecule has 0 aliphatic heterocycles. The van der Waals surface area contributed by atoms with Crippen molar-refractivity contribution in [3.63, 3.8) is 0 Å². The van der Waals surface area contributed by atoms with Crippen LogP contribution in [0.5, 0.6) is 0 Å². The van der Waals surface area contributed by atoms with Crippen LogP contribution in [0.3, 0.4) is 0 Å². The third-order valence-electron chi connectivity index (χ3n) is 4.92. The van der Waals surface area contributed by atoms with E-state index in [1.165, 1.54) is 0 Å². The van der Waals surface area contributed by atoms with E-state index < -0.39 is 17.3 Å². The number of hydrogen-bond acceptors (Lipinski definition) is 4. The van der Waals surface area contributed by atoms with Gasteiger partial charge in [-0.05, 0) is 44.3 Å². The van der Waals surface area contributed by atoms with Gasteiger partial charge in [-0.25, -0.2) is 8.78 Å². The van der Waals surface area contributed by atoms with Crippen molar-refractivity contribution in [3.05, 3.63) is 89.5 Å². The van der Waals surface area contributed by atoms with Crippen LogP contribution in [0.2, 0.25) is 0 Å². The summed E-state index contributed by atoms with van der Waals surface area (Å²) in [5.74, 6) is -0.364. The molecule has 31 heavy (non-hydrogen) atoms. The van der Waals surface area contributed by atoms with Crippen LogP contribution < -0.4 is 0 Å². The Labute approximate surface area is 193 Å². The van der Waals surface area contributed by atoms with E-state index in [0.29, 0.717) is 17.2 Å². The zero-order valence-corrected chi connectivity index (χ0v) is 19.6. The smallest absolute Gasteiger partial charge is 0.450 e.